The summed E-state index contributed by atoms with van der Waals surface area (Å²) in [7, 11) is 0. The van der Waals surface area contributed by atoms with Crippen molar-refractivity contribution < 1.29 is 39.3 Å². The predicted molar refractivity (Wildman–Crippen MR) is 135 cm³/mol. The van der Waals surface area contributed by atoms with Crippen molar-refractivity contribution in [3.63, 3.8) is 0 Å². The summed E-state index contributed by atoms with van der Waals surface area (Å²) in [4.78, 5) is 22.2. The van der Waals surface area contributed by atoms with E-state index in [4.69, 9.17) is 21.7 Å². The van der Waals surface area contributed by atoms with E-state index >= 15 is 0 Å². The van der Waals surface area contributed by atoms with Crippen molar-refractivity contribution in [3.05, 3.63) is 130 Å². The summed E-state index contributed by atoms with van der Waals surface area (Å²) in [6.07, 6.45) is 0. The number of nitrogens with zero attached hydrogens (tertiary/aromatic N) is 2. The number of carbonyl (C=O) groups excluding carboxylic acids is 2. The quantitative estimate of drug-likeness (QED) is 0.196. The van der Waals surface area contributed by atoms with E-state index in [1.165, 1.54) is 0 Å². The first kappa shape index (κ1) is 26.9. The maximum Gasteiger partial charge on any atom is 2.00 e. The molecule has 0 saturated carbocycles. The second-order valence-corrected chi connectivity index (χ2v) is 6.95. The number of carbonyl (C=O) groups is 2. The van der Waals surface area contributed by atoms with Gasteiger partial charge in [0.1, 0.15) is 11.1 Å². The fraction of sp³-hybridized carbons (Fsp3) is 0. The van der Waals surface area contributed by atoms with Crippen LogP contribution in [0.25, 0.3) is 22.1 Å². The Bertz CT molecular complexity index is 1210. The van der Waals surface area contributed by atoms with E-state index in [2.05, 4.69) is 10.6 Å². The SMILES string of the molecule is [NH-]c1ccccc1[N-]c1ccccc1C(=O)[OH2+].[NH-]c1ccccc1[N-]c1ccccc1C(=O)[OH2+].[Zn+2]. The van der Waals surface area contributed by atoms with E-state index < -0.39 is 11.9 Å². The molecule has 0 heterocycles. The molecule has 0 bridgehead atoms. The molecule has 0 aliphatic rings. The smallest absolute Gasteiger partial charge is 0.700 e. The van der Waals surface area contributed by atoms with Crippen LogP contribution in [0.15, 0.2) is 97.1 Å². The minimum Gasteiger partial charge on any atom is -0.700 e. The van der Waals surface area contributed by atoms with Crippen molar-refractivity contribution in [2.45, 2.75) is 0 Å². The van der Waals surface area contributed by atoms with Gasteiger partial charge >= 0.3 is 31.4 Å². The van der Waals surface area contributed by atoms with Gasteiger partial charge in [-0.05, 0) is 12.1 Å². The van der Waals surface area contributed by atoms with Crippen LogP contribution in [0.3, 0.4) is 0 Å². The first-order valence-electron chi connectivity index (χ1n) is 10.1. The van der Waals surface area contributed by atoms with Gasteiger partial charge in [0, 0.05) is 9.59 Å². The maximum atomic E-state index is 11.1. The van der Waals surface area contributed by atoms with Crippen LogP contribution in [0.5, 0.6) is 0 Å². The van der Waals surface area contributed by atoms with Gasteiger partial charge in [0.05, 0.1) is 0 Å². The van der Waals surface area contributed by atoms with Crippen LogP contribution >= 0.6 is 0 Å². The number of hydrogen-bond donors (Lipinski definition) is 0. The largest absolute Gasteiger partial charge is 2.00 e. The summed E-state index contributed by atoms with van der Waals surface area (Å²) >= 11 is 0. The molecule has 6 N–H and O–H groups in total. The zero-order valence-electron chi connectivity index (χ0n) is 18.7. The molecular formula is C26H22N4O4Zn. The Kier molecular flexibility index (Phi) is 9.81. The molecule has 35 heavy (non-hydrogen) atoms. The summed E-state index contributed by atoms with van der Waals surface area (Å²) < 4.78 is 0. The van der Waals surface area contributed by atoms with E-state index in [-0.39, 0.29) is 30.6 Å². The average molecular weight is 520 g/mol. The normalized spacial score (nSPS) is 9.60. The second-order valence-electron chi connectivity index (χ2n) is 6.95. The summed E-state index contributed by atoms with van der Waals surface area (Å²) in [6.45, 7) is 0. The molecule has 0 radical (unpaired) electrons. The van der Waals surface area contributed by atoms with Crippen molar-refractivity contribution in [2.24, 2.45) is 0 Å². The molecule has 0 aromatic heterocycles. The molecule has 4 aromatic carbocycles. The van der Waals surface area contributed by atoms with Crippen molar-refractivity contribution >= 4 is 46.1 Å². The predicted octanol–water partition coefficient (Wildman–Crippen LogP) is 7.14. The fourth-order valence-corrected chi connectivity index (χ4v) is 2.93. The average Bonchev–Trinajstić information content (AvgIpc) is 2.83. The molecule has 0 spiro atoms. The van der Waals surface area contributed by atoms with Crippen LogP contribution in [-0.4, -0.2) is 22.2 Å². The summed E-state index contributed by atoms with van der Waals surface area (Å²) in [5, 5.41) is 22.7. The van der Waals surface area contributed by atoms with E-state index in [9.17, 15) is 9.59 Å². The minimum absolute atomic E-state index is 0. The Labute approximate surface area is 215 Å². The standard InChI is InChI=1S/2C13H10N2O2.Zn/c2*14-10-6-2-4-8-12(10)15-11-7-3-1-5-9(11)13(16)17;/h2*1-8,14H,(H,16,17);/q2*-2;+2/p+2. The van der Waals surface area contributed by atoms with Gasteiger partial charge in [0.25, 0.3) is 0 Å². The van der Waals surface area contributed by atoms with Crippen LogP contribution in [0.4, 0.5) is 34.1 Å². The molecule has 0 saturated heterocycles. The number of hydrogen-bond acceptors (Lipinski definition) is 2. The van der Waals surface area contributed by atoms with Crippen LogP contribution in [0, 0.1) is 0 Å². The third-order valence-electron chi connectivity index (χ3n) is 4.59. The van der Waals surface area contributed by atoms with Gasteiger partial charge in [-0.3, -0.25) is 0 Å². The Hall–Kier alpha value is -4.36. The third kappa shape index (κ3) is 7.32. The van der Waals surface area contributed by atoms with E-state index in [0.29, 0.717) is 34.1 Å². The van der Waals surface area contributed by atoms with Crippen molar-refractivity contribution in [3.8, 4) is 0 Å². The van der Waals surface area contributed by atoms with E-state index in [0.717, 1.165) is 0 Å². The van der Waals surface area contributed by atoms with Crippen molar-refractivity contribution in [1.29, 1.82) is 0 Å². The fourth-order valence-electron chi connectivity index (χ4n) is 2.93. The van der Waals surface area contributed by atoms with E-state index in [1.54, 1.807) is 97.1 Å². The van der Waals surface area contributed by atoms with E-state index in [1.807, 2.05) is 0 Å². The molecular weight excluding hydrogens is 498 g/mol. The summed E-state index contributed by atoms with van der Waals surface area (Å²) in [6, 6.07) is 27.0. The van der Waals surface area contributed by atoms with Gasteiger partial charge in [-0.1, -0.05) is 84.9 Å². The van der Waals surface area contributed by atoms with Gasteiger partial charge in [0.2, 0.25) is 0 Å². The minimum atomic E-state index is -0.771. The molecule has 0 unspecified atom stereocenters. The zero-order chi connectivity index (χ0) is 24.5. The monoisotopic (exact) mass is 518 g/mol. The van der Waals surface area contributed by atoms with Gasteiger partial charge in [-0.2, -0.15) is 22.7 Å². The molecule has 8 nitrogen and oxygen atoms in total. The van der Waals surface area contributed by atoms with Gasteiger partial charge < -0.3 is 32.3 Å². The molecule has 4 aromatic rings. The Morgan fingerprint density at radius 1 is 0.514 bits per heavy atom. The summed E-state index contributed by atoms with van der Waals surface area (Å²) in [5.74, 6) is -1.54. The third-order valence-corrected chi connectivity index (χ3v) is 4.59. The van der Waals surface area contributed by atoms with Gasteiger partial charge in [0.15, 0.2) is 0 Å². The Morgan fingerprint density at radius 2 is 0.800 bits per heavy atom. The zero-order valence-corrected chi connectivity index (χ0v) is 21.6. The summed E-state index contributed by atoms with van der Waals surface area (Å²) in [5.41, 5.74) is 18.2. The van der Waals surface area contributed by atoms with Gasteiger partial charge in [-0.25, -0.2) is 0 Å². The molecule has 9 heteroatoms. The molecule has 172 valence electrons. The molecule has 0 amide bonds. The number of nitrogens with one attached hydrogen (secondary N) is 2. The van der Waals surface area contributed by atoms with Crippen molar-refractivity contribution in [1.82, 2.24) is 0 Å². The van der Waals surface area contributed by atoms with Crippen LogP contribution < -0.4 is 0 Å². The molecule has 0 fully saturated rings. The first-order chi connectivity index (χ1) is 16.4. The molecule has 0 atom stereocenters. The molecule has 0 aliphatic carbocycles. The number of rotatable bonds is 6. The van der Waals surface area contributed by atoms with Gasteiger partial charge in [-0.15, -0.1) is 11.4 Å². The van der Waals surface area contributed by atoms with Crippen molar-refractivity contribution in [2.75, 3.05) is 0 Å². The Balaban J connectivity index is 0.000000240. The van der Waals surface area contributed by atoms with Crippen LogP contribution in [-0.2, 0) is 19.5 Å². The van der Waals surface area contributed by atoms with Crippen LogP contribution in [0.1, 0.15) is 20.7 Å². The number of para-hydroxylation sites is 4. The molecule has 0 aliphatic heterocycles. The molecule has 4 rings (SSSR count). The number of benzene rings is 4. The topological polar surface area (TPSA) is 156 Å². The second kappa shape index (κ2) is 12.8. The Morgan fingerprint density at radius 3 is 1.11 bits per heavy atom. The maximum absolute atomic E-state index is 11.1. The first-order valence-corrected chi connectivity index (χ1v) is 10.1. The van der Waals surface area contributed by atoms with Crippen LogP contribution in [0.2, 0.25) is 0 Å².